The molecule has 0 saturated carbocycles. The Bertz CT molecular complexity index is 1050. The smallest absolute Gasteiger partial charge is 0.423 e. The molecule has 0 aliphatic carbocycles. The molecule has 0 spiro atoms. The van der Waals surface area contributed by atoms with Gasteiger partial charge in [-0.05, 0) is 22.1 Å². The number of benzene rings is 2. The summed E-state index contributed by atoms with van der Waals surface area (Å²) in [4.78, 5) is 0. The van der Waals surface area contributed by atoms with E-state index in [-0.39, 0.29) is 0 Å². The van der Waals surface area contributed by atoms with Gasteiger partial charge in [0.05, 0.1) is 0 Å². The van der Waals surface area contributed by atoms with Crippen LogP contribution in [0.3, 0.4) is 0 Å². The third-order valence-corrected chi connectivity index (χ3v) is 5.40. The van der Waals surface area contributed by atoms with Crippen molar-refractivity contribution in [1.29, 1.82) is 0 Å². The van der Waals surface area contributed by atoms with Crippen LogP contribution in [0.5, 0.6) is 0 Å². The molecule has 0 amide bonds. The number of aromatic nitrogens is 2. The SMILES string of the molecule is OB(O)c1ccc(C[n+]2ccc(-c3cc[n+](Cc4ccc(B(O)O)cc4)cc3)cc2)cc1. The normalized spacial score (nSPS) is 10.8. The molecule has 32 heavy (non-hydrogen) atoms. The minimum Gasteiger partial charge on any atom is -0.423 e. The van der Waals surface area contributed by atoms with Gasteiger partial charge in [0.25, 0.3) is 0 Å². The van der Waals surface area contributed by atoms with Crippen LogP contribution in [0.25, 0.3) is 11.1 Å². The molecule has 0 fully saturated rings. The summed E-state index contributed by atoms with van der Waals surface area (Å²) in [5.74, 6) is 0. The molecule has 0 unspecified atom stereocenters. The summed E-state index contributed by atoms with van der Waals surface area (Å²) >= 11 is 0. The molecular weight excluding hydrogens is 402 g/mol. The largest absolute Gasteiger partial charge is 0.488 e. The molecule has 0 aliphatic rings. The summed E-state index contributed by atoms with van der Waals surface area (Å²) in [6, 6.07) is 22.8. The van der Waals surface area contributed by atoms with Crippen LogP contribution < -0.4 is 20.1 Å². The van der Waals surface area contributed by atoms with Gasteiger partial charge >= 0.3 is 14.2 Å². The van der Waals surface area contributed by atoms with Gasteiger partial charge in [-0.25, -0.2) is 9.13 Å². The van der Waals surface area contributed by atoms with Gasteiger partial charge in [0, 0.05) is 35.4 Å². The van der Waals surface area contributed by atoms with Gasteiger partial charge in [0.1, 0.15) is 0 Å². The molecule has 4 aromatic rings. The third-order valence-electron chi connectivity index (χ3n) is 5.40. The zero-order chi connectivity index (χ0) is 22.5. The Morgan fingerprint density at radius 1 is 0.469 bits per heavy atom. The minimum absolute atomic E-state index is 0.483. The Morgan fingerprint density at radius 3 is 1.06 bits per heavy atom. The van der Waals surface area contributed by atoms with Crippen molar-refractivity contribution in [2.24, 2.45) is 0 Å². The number of nitrogens with zero attached hydrogens (tertiary/aromatic N) is 2. The molecule has 4 N–H and O–H groups in total. The summed E-state index contributed by atoms with van der Waals surface area (Å²) < 4.78 is 4.15. The maximum Gasteiger partial charge on any atom is 0.488 e. The Hall–Kier alpha value is -3.29. The summed E-state index contributed by atoms with van der Waals surface area (Å²) in [6.07, 6.45) is 8.12. The predicted octanol–water partition coefficient (Wildman–Crippen LogP) is -0.615. The van der Waals surface area contributed by atoms with E-state index in [0.717, 1.165) is 22.3 Å². The molecule has 2 aromatic heterocycles. The second-order valence-electron chi connectivity index (χ2n) is 7.75. The fraction of sp³-hybridized carbons (Fsp3) is 0.0833. The second kappa shape index (κ2) is 9.89. The Morgan fingerprint density at radius 2 is 0.781 bits per heavy atom. The topological polar surface area (TPSA) is 88.7 Å². The van der Waals surface area contributed by atoms with Crippen LogP contribution in [0.2, 0.25) is 0 Å². The monoisotopic (exact) mass is 426 g/mol. The summed E-state index contributed by atoms with van der Waals surface area (Å²) in [5, 5.41) is 36.8. The van der Waals surface area contributed by atoms with Crippen molar-refractivity contribution in [3.8, 4) is 11.1 Å². The highest BCUT2D eigenvalue weighted by molar-refractivity contribution is 6.58. The average molecular weight is 426 g/mol. The van der Waals surface area contributed by atoms with Gasteiger partial charge in [0.2, 0.25) is 0 Å². The predicted molar refractivity (Wildman–Crippen MR) is 123 cm³/mol. The lowest BCUT2D eigenvalue weighted by Crippen LogP contribution is -2.34. The van der Waals surface area contributed by atoms with Crippen molar-refractivity contribution in [3.63, 3.8) is 0 Å². The molecule has 0 bridgehead atoms. The van der Waals surface area contributed by atoms with Gasteiger partial charge in [-0.1, -0.05) is 48.5 Å². The summed E-state index contributed by atoms with van der Waals surface area (Å²) in [7, 11) is -2.89. The van der Waals surface area contributed by atoms with Crippen molar-refractivity contribution in [2.45, 2.75) is 13.1 Å². The van der Waals surface area contributed by atoms with Crippen LogP contribution in [0.15, 0.2) is 97.6 Å². The molecule has 0 aliphatic heterocycles. The standard InChI is InChI=1S/C24H24B2N2O4/c29-25(30)23-5-1-19(2-6-23)17-27-13-9-21(10-14-27)22-11-15-28(16-12-22)18-20-3-7-24(8-4-20)26(31)32/h1-16,29-32H,17-18H2/q+2. The number of pyridine rings is 2. The fourth-order valence-corrected chi connectivity index (χ4v) is 3.52. The number of hydrogen-bond donors (Lipinski definition) is 4. The molecule has 4 rings (SSSR count). The quantitative estimate of drug-likeness (QED) is 0.235. The van der Waals surface area contributed by atoms with Crippen molar-refractivity contribution < 1.29 is 29.2 Å². The van der Waals surface area contributed by atoms with Crippen LogP contribution >= 0.6 is 0 Å². The highest BCUT2D eigenvalue weighted by atomic mass is 16.4. The molecular formula is C24H24B2N2O4+2. The molecule has 2 heterocycles. The zero-order valence-corrected chi connectivity index (χ0v) is 17.5. The first-order valence-electron chi connectivity index (χ1n) is 10.4. The fourth-order valence-electron chi connectivity index (χ4n) is 3.52. The Kier molecular flexibility index (Phi) is 6.78. The first kappa shape index (κ1) is 21.9. The van der Waals surface area contributed by atoms with Crippen molar-refractivity contribution in [3.05, 3.63) is 109 Å². The van der Waals surface area contributed by atoms with E-state index in [9.17, 15) is 20.1 Å². The van der Waals surface area contributed by atoms with Gasteiger partial charge in [-0.15, -0.1) is 0 Å². The molecule has 0 radical (unpaired) electrons. The molecule has 0 atom stereocenters. The van der Waals surface area contributed by atoms with Crippen LogP contribution in [-0.4, -0.2) is 34.3 Å². The minimum atomic E-state index is -1.44. The Balaban J connectivity index is 1.39. The first-order chi connectivity index (χ1) is 15.5. The summed E-state index contributed by atoms with van der Waals surface area (Å²) in [6.45, 7) is 1.39. The van der Waals surface area contributed by atoms with E-state index in [1.165, 1.54) is 0 Å². The lowest BCUT2D eigenvalue weighted by molar-refractivity contribution is -0.688. The molecule has 158 valence electrons. The molecule has 6 nitrogen and oxygen atoms in total. The van der Waals surface area contributed by atoms with E-state index in [1.807, 2.05) is 49.1 Å². The van der Waals surface area contributed by atoms with Crippen LogP contribution in [0.4, 0.5) is 0 Å². The van der Waals surface area contributed by atoms with Crippen molar-refractivity contribution >= 4 is 25.2 Å². The number of hydrogen-bond acceptors (Lipinski definition) is 4. The van der Waals surface area contributed by atoms with Gasteiger partial charge in [-0.3, -0.25) is 0 Å². The molecule has 2 aromatic carbocycles. The third kappa shape index (κ3) is 5.49. The second-order valence-corrected chi connectivity index (χ2v) is 7.75. The lowest BCUT2D eigenvalue weighted by atomic mass is 9.80. The van der Waals surface area contributed by atoms with E-state index in [4.69, 9.17) is 0 Å². The highest BCUT2D eigenvalue weighted by Crippen LogP contribution is 2.16. The van der Waals surface area contributed by atoms with E-state index in [2.05, 4.69) is 33.4 Å². The Labute approximate surface area is 187 Å². The van der Waals surface area contributed by atoms with E-state index in [1.54, 1.807) is 24.3 Å². The van der Waals surface area contributed by atoms with Gasteiger partial charge in [-0.2, -0.15) is 0 Å². The maximum absolute atomic E-state index is 9.19. The first-order valence-corrected chi connectivity index (χ1v) is 10.4. The zero-order valence-electron chi connectivity index (χ0n) is 17.5. The van der Waals surface area contributed by atoms with Crippen molar-refractivity contribution in [1.82, 2.24) is 0 Å². The van der Waals surface area contributed by atoms with Crippen molar-refractivity contribution in [2.75, 3.05) is 0 Å². The number of rotatable bonds is 7. The average Bonchev–Trinajstić information content (AvgIpc) is 2.81. The van der Waals surface area contributed by atoms with Crippen LogP contribution in [0.1, 0.15) is 11.1 Å². The van der Waals surface area contributed by atoms with Gasteiger partial charge < -0.3 is 20.1 Å². The van der Waals surface area contributed by atoms with Gasteiger partial charge in [0.15, 0.2) is 37.9 Å². The van der Waals surface area contributed by atoms with Crippen LogP contribution in [0, 0.1) is 0 Å². The lowest BCUT2D eigenvalue weighted by Gasteiger charge is -2.04. The highest BCUT2D eigenvalue weighted by Gasteiger charge is 2.12. The van der Waals surface area contributed by atoms with E-state index < -0.39 is 14.2 Å². The van der Waals surface area contributed by atoms with E-state index >= 15 is 0 Å². The van der Waals surface area contributed by atoms with Crippen LogP contribution in [-0.2, 0) is 13.1 Å². The molecule has 8 heteroatoms. The molecule has 0 saturated heterocycles. The maximum atomic E-state index is 9.19. The van der Waals surface area contributed by atoms with E-state index in [0.29, 0.717) is 24.0 Å². The summed E-state index contributed by atoms with van der Waals surface area (Å²) in [5.41, 5.74) is 5.36.